The molecule has 0 spiro atoms. The fourth-order valence-electron chi connectivity index (χ4n) is 2.66. The lowest BCUT2D eigenvalue weighted by Gasteiger charge is -2.25. The van der Waals surface area contributed by atoms with Crippen LogP contribution >= 0.6 is 0 Å². The van der Waals surface area contributed by atoms with Crippen LogP contribution in [0.25, 0.3) is 0 Å². The van der Waals surface area contributed by atoms with Crippen molar-refractivity contribution in [1.29, 1.82) is 0 Å². The molecule has 0 saturated carbocycles. The van der Waals surface area contributed by atoms with Gasteiger partial charge in [-0.2, -0.15) is 0 Å². The van der Waals surface area contributed by atoms with Gasteiger partial charge in [-0.3, -0.25) is 4.90 Å². The van der Waals surface area contributed by atoms with E-state index in [4.69, 9.17) is 0 Å². The molecule has 1 N–H and O–H groups in total. The Morgan fingerprint density at radius 1 is 1.44 bits per heavy atom. The maximum Gasteiger partial charge on any atom is 0.127 e. The fourth-order valence-corrected chi connectivity index (χ4v) is 2.66. The standard InChI is InChI=1S/C15H23FN2/c1-3-9-17-13-8-10-18(11-13)12(2)14-6-4-5-7-15(14)16/h4-7,12-13,17H,3,8-11H2,1-2H3. The van der Waals surface area contributed by atoms with E-state index in [0.29, 0.717) is 6.04 Å². The second-order valence-corrected chi connectivity index (χ2v) is 5.13. The normalized spacial score (nSPS) is 22.3. The number of halogens is 1. The van der Waals surface area contributed by atoms with Crippen molar-refractivity contribution >= 4 is 0 Å². The number of rotatable bonds is 5. The molecule has 0 aliphatic carbocycles. The number of likely N-dealkylation sites (tertiary alicyclic amines) is 1. The summed E-state index contributed by atoms with van der Waals surface area (Å²) in [5, 5.41) is 3.55. The van der Waals surface area contributed by atoms with Gasteiger partial charge in [0.25, 0.3) is 0 Å². The van der Waals surface area contributed by atoms with Gasteiger partial charge in [0.2, 0.25) is 0 Å². The third-order valence-corrected chi connectivity index (χ3v) is 3.81. The van der Waals surface area contributed by atoms with Gasteiger partial charge < -0.3 is 5.32 Å². The number of hydrogen-bond donors (Lipinski definition) is 1. The number of benzene rings is 1. The monoisotopic (exact) mass is 250 g/mol. The SMILES string of the molecule is CCCNC1CCN(C(C)c2ccccc2F)C1. The molecule has 2 nitrogen and oxygen atoms in total. The molecule has 1 fully saturated rings. The van der Waals surface area contributed by atoms with Gasteiger partial charge in [0.05, 0.1) is 0 Å². The van der Waals surface area contributed by atoms with Crippen LogP contribution in [0.15, 0.2) is 24.3 Å². The van der Waals surface area contributed by atoms with Gasteiger partial charge >= 0.3 is 0 Å². The Balaban J connectivity index is 1.95. The molecule has 3 heteroatoms. The van der Waals surface area contributed by atoms with Crippen LogP contribution < -0.4 is 5.32 Å². The number of nitrogens with zero attached hydrogens (tertiary/aromatic N) is 1. The van der Waals surface area contributed by atoms with Crippen LogP contribution in [0.1, 0.15) is 38.3 Å². The highest BCUT2D eigenvalue weighted by molar-refractivity contribution is 5.21. The van der Waals surface area contributed by atoms with Crippen LogP contribution in [0.3, 0.4) is 0 Å². The first-order valence-corrected chi connectivity index (χ1v) is 6.94. The van der Waals surface area contributed by atoms with Gasteiger partial charge in [-0.15, -0.1) is 0 Å². The second-order valence-electron chi connectivity index (χ2n) is 5.13. The summed E-state index contributed by atoms with van der Waals surface area (Å²) in [5.41, 5.74) is 0.814. The summed E-state index contributed by atoms with van der Waals surface area (Å²) in [6, 6.07) is 7.85. The summed E-state index contributed by atoms with van der Waals surface area (Å²) in [5.74, 6) is -0.0880. The largest absolute Gasteiger partial charge is 0.313 e. The van der Waals surface area contributed by atoms with Crippen LogP contribution in [0, 0.1) is 5.82 Å². The predicted molar refractivity (Wildman–Crippen MR) is 73.1 cm³/mol. The zero-order chi connectivity index (χ0) is 13.0. The fraction of sp³-hybridized carbons (Fsp3) is 0.600. The van der Waals surface area contributed by atoms with Crippen molar-refractivity contribution in [2.24, 2.45) is 0 Å². The molecule has 1 heterocycles. The highest BCUT2D eigenvalue weighted by atomic mass is 19.1. The van der Waals surface area contributed by atoms with Crippen molar-refractivity contribution in [3.63, 3.8) is 0 Å². The lowest BCUT2D eigenvalue weighted by atomic mass is 10.1. The lowest BCUT2D eigenvalue weighted by molar-refractivity contribution is 0.250. The van der Waals surface area contributed by atoms with Gasteiger partial charge in [-0.1, -0.05) is 25.1 Å². The summed E-state index contributed by atoms with van der Waals surface area (Å²) in [6.45, 7) is 7.43. The molecule has 2 atom stereocenters. The molecule has 0 aromatic heterocycles. The quantitative estimate of drug-likeness (QED) is 0.864. The van der Waals surface area contributed by atoms with Crippen molar-refractivity contribution in [1.82, 2.24) is 10.2 Å². The van der Waals surface area contributed by atoms with Crippen molar-refractivity contribution in [3.8, 4) is 0 Å². The summed E-state index contributed by atoms with van der Waals surface area (Å²) < 4.78 is 13.8. The first kappa shape index (κ1) is 13.5. The summed E-state index contributed by atoms with van der Waals surface area (Å²) in [6.07, 6.45) is 2.33. The summed E-state index contributed by atoms with van der Waals surface area (Å²) in [7, 11) is 0. The molecular weight excluding hydrogens is 227 g/mol. The summed E-state index contributed by atoms with van der Waals surface area (Å²) >= 11 is 0. The Morgan fingerprint density at radius 2 is 2.22 bits per heavy atom. The third kappa shape index (κ3) is 3.09. The molecule has 18 heavy (non-hydrogen) atoms. The molecule has 100 valence electrons. The Morgan fingerprint density at radius 3 is 2.94 bits per heavy atom. The molecule has 1 aliphatic rings. The molecule has 0 radical (unpaired) electrons. The number of hydrogen-bond acceptors (Lipinski definition) is 2. The highest BCUT2D eigenvalue weighted by Crippen LogP contribution is 2.26. The molecule has 1 aromatic rings. The summed E-state index contributed by atoms with van der Waals surface area (Å²) in [4.78, 5) is 2.37. The van der Waals surface area contributed by atoms with Gasteiger partial charge in [0.15, 0.2) is 0 Å². The minimum absolute atomic E-state index is 0.0880. The average Bonchev–Trinajstić information content (AvgIpc) is 2.85. The van der Waals surface area contributed by atoms with E-state index in [9.17, 15) is 4.39 Å². The maximum absolute atomic E-state index is 13.8. The first-order valence-electron chi connectivity index (χ1n) is 6.94. The van der Waals surface area contributed by atoms with Gasteiger partial charge in [0, 0.05) is 30.7 Å². The second kappa shape index (κ2) is 6.30. The minimum atomic E-state index is -0.0880. The first-order chi connectivity index (χ1) is 8.72. The van der Waals surface area contributed by atoms with Crippen molar-refractivity contribution in [2.75, 3.05) is 19.6 Å². The zero-order valence-corrected chi connectivity index (χ0v) is 11.3. The van der Waals surface area contributed by atoms with Crippen LogP contribution in [-0.4, -0.2) is 30.6 Å². The van der Waals surface area contributed by atoms with E-state index >= 15 is 0 Å². The van der Waals surface area contributed by atoms with Crippen molar-refractivity contribution in [2.45, 2.75) is 38.8 Å². The number of nitrogens with one attached hydrogen (secondary N) is 1. The molecule has 2 rings (SSSR count). The molecule has 1 saturated heterocycles. The van der Waals surface area contributed by atoms with Crippen molar-refractivity contribution < 1.29 is 4.39 Å². The van der Waals surface area contributed by atoms with E-state index in [-0.39, 0.29) is 11.9 Å². The van der Waals surface area contributed by atoms with E-state index in [0.717, 1.165) is 25.2 Å². The van der Waals surface area contributed by atoms with E-state index in [2.05, 4.69) is 24.1 Å². The topological polar surface area (TPSA) is 15.3 Å². The lowest BCUT2D eigenvalue weighted by Crippen LogP contribution is -2.34. The molecule has 0 bridgehead atoms. The Labute approximate surface area is 109 Å². The van der Waals surface area contributed by atoms with E-state index < -0.39 is 0 Å². The highest BCUT2D eigenvalue weighted by Gasteiger charge is 2.27. The van der Waals surface area contributed by atoms with Gasteiger partial charge in [-0.05, 0) is 32.4 Å². The van der Waals surface area contributed by atoms with Gasteiger partial charge in [0.1, 0.15) is 5.82 Å². The Hall–Kier alpha value is -0.930. The smallest absolute Gasteiger partial charge is 0.127 e. The van der Waals surface area contributed by atoms with E-state index in [1.807, 2.05) is 12.1 Å². The molecular formula is C15H23FN2. The van der Waals surface area contributed by atoms with Crippen LogP contribution in [0.4, 0.5) is 4.39 Å². The Kier molecular flexibility index (Phi) is 4.72. The predicted octanol–water partition coefficient (Wildman–Crippen LogP) is 2.96. The minimum Gasteiger partial charge on any atom is -0.313 e. The van der Waals surface area contributed by atoms with Crippen LogP contribution in [-0.2, 0) is 0 Å². The third-order valence-electron chi connectivity index (χ3n) is 3.81. The molecule has 0 amide bonds. The van der Waals surface area contributed by atoms with E-state index in [1.165, 1.54) is 12.8 Å². The molecule has 1 aromatic carbocycles. The maximum atomic E-state index is 13.8. The zero-order valence-electron chi connectivity index (χ0n) is 11.3. The van der Waals surface area contributed by atoms with E-state index in [1.54, 1.807) is 12.1 Å². The van der Waals surface area contributed by atoms with Crippen molar-refractivity contribution in [3.05, 3.63) is 35.6 Å². The van der Waals surface area contributed by atoms with Gasteiger partial charge in [-0.25, -0.2) is 4.39 Å². The average molecular weight is 250 g/mol. The van der Waals surface area contributed by atoms with Crippen LogP contribution in [0.2, 0.25) is 0 Å². The molecule has 2 unspecified atom stereocenters. The van der Waals surface area contributed by atoms with Crippen LogP contribution in [0.5, 0.6) is 0 Å². The Bertz CT molecular complexity index is 381. The molecule has 1 aliphatic heterocycles.